The number of nitrogens with one attached hydrogen (secondary N) is 1. The average molecular weight is 486 g/mol. The number of thiophene rings is 1. The molecule has 0 unspecified atom stereocenters. The predicted octanol–water partition coefficient (Wildman–Crippen LogP) is 6.85. The molecule has 180 valence electrons. The first-order chi connectivity index (χ1) is 16.7. The summed E-state index contributed by atoms with van der Waals surface area (Å²) < 4.78 is 5.63. The molecule has 0 bridgehead atoms. The number of ether oxygens (including phenoxy) is 1. The standard InChI is InChI=1S/C29H31N3O2S/c1-19-7-5-6-8-25(19)32-27(33)18-34-22-12-9-20(10-13-22)17-31-28-24(16-30)23-14-11-21(29(2,3)4)15-26(23)35-28/h5-10,12-13,17,21H,11,14-15,18H2,1-4H3,(H,32,33)/t21-/m1/s1. The zero-order valence-electron chi connectivity index (χ0n) is 20.7. The van der Waals surface area contributed by atoms with Crippen molar-refractivity contribution < 1.29 is 9.53 Å². The lowest BCUT2D eigenvalue weighted by atomic mass is 9.72. The molecule has 4 rings (SSSR count). The fourth-order valence-electron chi connectivity index (χ4n) is 4.35. The number of anilines is 1. The highest BCUT2D eigenvalue weighted by Crippen LogP contribution is 2.44. The van der Waals surface area contributed by atoms with Crippen molar-refractivity contribution in [3.05, 3.63) is 75.7 Å². The third-order valence-electron chi connectivity index (χ3n) is 6.58. The highest BCUT2D eigenvalue weighted by Gasteiger charge is 2.32. The lowest BCUT2D eigenvalue weighted by Crippen LogP contribution is -2.26. The number of nitriles is 1. The van der Waals surface area contributed by atoms with E-state index in [0.717, 1.165) is 46.6 Å². The Labute approximate surface area is 211 Å². The molecule has 1 N–H and O–H groups in total. The topological polar surface area (TPSA) is 74.5 Å². The van der Waals surface area contributed by atoms with Crippen molar-refractivity contribution in [2.45, 2.75) is 47.0 Å². The first-order valence-electron chi connectivity index (χ1n) is 11.9. The van der Waals surface area contributed by atoms with Crippen LogP contribution in [0, 0.1) is 29.6 Å². The van der Waals surface area contributed by atoms with Gasteiger partial charge in [0.25, 0.3) is 5.91 Å². The van der Waals surface area contributed by atoms with Crippen LogP contribution in [-0.4, -0.2) is 18.7 Å². The van der Waals surface area contributed by atoms with Crippen LogP contribution in [0.3, 0.4) is 0 Å². The minimum Gasteiger partial charge on any atom is -0.484 e. The number of benzene rings is 2. The Morgan fingerprint density at radius 3 is 2.66 bits per heavy atom. The summed E-state index contributed by atoms with van der Waals surface area (Å²) >= 11 is 1.65. The number of carbonyl (C=O) groups excluding carboxylic acids is 1. The summed E-state index contributed by atoms with van der Waals surface area (Å²) in [6, 6.07) is 17.5. The third-order valence-corrected chi connectivity index (χ3v) is 7.75. The van der Waals surface area contributed by atoms with E-state index in [9.17, 15) is 10.1 Å². The first kappa shape index (κ1) is 24.7. The summed E-state index contributed by atoms with van der Waals surface area (Å²) in [5.74, 6) is 1.03. The van der Waals surface area contributed by atoms with Gasteiger partial charge in [0.2, 0.25) is 0 Å². The van der Waals surface area contributed by atoms with E-state index < -0.39 is 0 Å². The lowest BCUT2D eigenvalue weighted by Gasteiger charge is -2.33. The molecule has 1 amide bonds. The van der Waals surface area contributed by atoms with Crippen LogP contribution in [0.1, 0.15) is 54.3 Å². The number of aryl methyl sites for hydroxylation is 1. The van der Waals surface area contributed by atoms with Gasteiger partial charge in [0.15, 0.2) is 6.61 Å². The molecule has 1 aliphatic carbocycles. The summed E-state index contributed by atoms with van der Waals surface area (Å²) in [5.41, 5.74) is 4.89. The predicted molar refractivity (Wildman–Crippen MR) is 143 cm³/mol. The van der Waals surface area contributed by atoms with Crippen molar-refractivity contribution in [3.8, 4) is 11.8 Å². The molecule has 0 fully saturated rings. The lowest BCUT2D eigenvalue weighted by molar-refractivity contribution is -0.118. The average Bonchev–Trinajstić information content (AvgIpc) is 3.19. The summed E-state index contributed by atoms with van der Waals surface area (Å²) in [5, 5.41) is 13.4. The van der Waals surface area contributed by atoms with Crippen LogP contribution in [0.15, 0.2) is 53.5 Å². The number of rotatable bonds is 6. The second kappa shape index (κ2) is 10.5. The van der Waals surface area contributed by atoms with E-state index in [2.05, 4.69) is 37.1 Å². The fourth-order valence-corrected chi connectivity index (χ4v) is 5.57. The molecule has 3 aromatic rings. The molecular formula is C29H31N3O2S. The Morgan fingerprint density at radius 2 is 1.97 bits per heavy atom. The van der Waals surface area contributed by atoms with Crippen molar-refractivity contribution >= 4 is 34.1 Å². The fraction of sp³-hybridized carbons (Fsp3) is 0.345. The van der Waals surface area contributed by atoms with Crippen LogP contribution in [0.2, 0.25) is 0 Å². The van der Waals surface area contributed by atoms with Crippen LogP contribution >= 0.6 is 11.3 Å². The van der Waals surface area contributed by atoms with Crippen LogP contribution in [0.4, 0.5) is 10.7 Å². The number of para-hydroxylation sites is 1. The Balaban J connectivity index is 1.38. The van der Waals surface area contributed by atoms with Crippen molar-refractivity contribution in [1.82, 2.24) is 0 Å². The maximum absolute atomic E-state index is 12.2. The van der Waals surface area contributed by atoms with Gasteiger partial charge >= 0.3 is 0 Å². The monoisotopic (exact) mass is 485 g/mol. The van der Waals surface area contributed by atoms with E-state index in [-0.39, 0.29) is 17.9 Å². The Morgan fingerprint density at radius 1 is 1.23 bits per heavy atom. The van der Waals surface area contributed by atoms with E-state index in [1.165, 1.54) is 10.4 Å². The van der Waals surface area contributed by atoms with Gasteiger partial charge in [-0.1, -0.05) is 39.0 Å². The summed E-state index contributed by atoms with van der Waals surface area (Å²) in [6.45, 7) is 8.77. The van der Waals surface area contributed by atoms with E-state index in [0.29, 0.717) is 11.7 Å². The van der Waals surface area contributed by atoms with E-state index in [1.807, 2.05) is 55.5 Å². The van der Waals surface area contributed by atoms with E-state index in [4.69, 9.17) is 4.74 Å². The van der Waals surface area contributed by atoms with Gasteiger partial charge < -0.3 is 10.1 Å². The molecule has 0 spiro atoms. The minimum absolute atomic E-state index is 0.0659. The van der Waals surface area contributed by atoms with E-state index >= 15 is 0 Å². The summed E-state index contributed by atoms with van der Waals surface area (Å²) in [6.07, 6.45) is 4.89. The number of fused-ring (bicyclic) bond motifs is 1. The number of amides is 1. The van der Waals surface area contributed by atoms with Crippen molar-refractivity contribution in [3.63, 3.8) is 0 Å². The Kier molecular flexibility index (Phi) is 7.37. The van der Waals surface area contributed by atoms with Crippen LogP contribution < -0.4 is 10.1 Å². The molecule has 5 nitrogen and oxygen atoms in total. The van der Waals surface area contributed by atoms with Crippen molar-refractivity contribution in [2.75, 3.05) is 11.9 Å². The highest BCUT2D eigenvalue weighted by molar-refractivity contribution is 7.16. The quantitative estimate of drug-likeness (QED) is 0.388. The van der Waals surface area contributed by atoms with Crippen LogP contribution in [0.5, 0.6) is 5.75 Å². The number of hydrogen-bond donors (Lipinski definition) is 1. The Hall–Kier alpha value is -3.43. The highest BCUT2D eigenvalue weighted by atomic mass is 32.1. The van der Waals surface area contributed by atoms with Gasteiger partial charge in [-0.3, -0.25) is 4.79 Å². The molecule has 1 aromatic heterocycles. The van der Waals surface area contributed by atoms with Gasteiger partial charge in [0, 0.05) is 16.8 Å². The van der Waals surface area contributed by atoms with Gasteiger partial charge in [0.1, 0.15) is 16.8 Å². The maximum Gasteiger partial charge on any atom is 0.262 e. The van der Waals surface area contributed by atoms with Gasteiger partial charge in [-0.2, -0.15) is 5.26 Å². The molecule has 0 saturated heterocycles. The van der Waals surface area contributed by atoms with Crippen molar-refractivity contribution in [2.24, 2.45) is 16.3 Å². The first-order valence-corrected chi connectivity index (χ1v) is 12.7. The van der Waals surface area contributed by atoms with Crippen LogP contribution in [-0.2, 0) is 17.6 Å². The van der Waals surface area contributed by atoms with Gasteiger partial charge in [-0.15, -0.1) is 11.3 Å². The molecule has 0 radical (unpaired) electrons. The van der Waals surface area contributed by atoms with Gasteiger partial charge in [-0.25, -0.2) is 4.99 Å². The largest absolute Gasteiger partial charge is 0.484 e. The normalized spacial score (nSPS) is 15.5. The second-order valence-electron chi connectivity index (χ2n) is 10.1. The van der Waals surface area contributed by atoms with Gasteiger partial charge in [-0.05, 0) is 84.5 Å². The molecule has 6 heteroatoms. The van der Waals surface area contributed by atoms with Crippen molar-refractivity contribution in [1.29, 1.82) is 5.26 Å². The molecular weight excluding hydrogens is 454 g/mol. The summed E-state index contributed by atoms with van der Waals surface area (Å²) in [4.78, 5) is 18.2. The van der Waals surface area contributed by atoms with Gasteiger partial charge in [0.05, 0.1) is 5.56 Å². The van der Waals surface area contributed by atoms with Crippen LogP contribution in [0.25, 0.3) is 0 Å². The maximum atomic E-state index is 12.2. The number of aliphatic imine (C=N–C) groups is 1. The molecule has 35 heavy (non-hydrogen) atoms. The number of carbonyl (C=O) groups is 1. The Bertz CT molecular complexity index is 1280. The number of hydrogen-bond acceptors (Lipinski definition) is 5. The van der Waals surface area contributed by atoms with E-state index in [1.54, 1.807) is 17.6 Å². The zero-order chi connectivity index (χ0) is 25.0. The third kappa shape index (κ3) is 5.98. The smallest absolute Gasteiger partial charge is 0.262 e. The molecule has 1 heterocycles. The molecule has 0 aliphatic heterocycles. The molecule has 1 aliphatic rings. The zero-order valence-corrected chi connectivity index (χ0v) is 21.5. The second-order valence-corrected chi connectivity index (χ2v) is 11.2. The molecule has 2 aromatic carbocycles. The molecule has 0 saturated carbocycles. The SMILES string of the molecule is Cc1ccccc1NC(=O)COc1ccc(C=Nc2sc3c(c2C#N)CC[C@@H](C(C)(C)C)C3)cc1. The number of nitrogens with zero attached hydrogens (tertiary/aromatic N) is 2. The molecule has 1 atom stereocenters. The summed E-state index contributed by atoms with van der Waals surface area (Å²) in [7, 11) is 0. The minimum atomic E-state index is -0.204.